The molecule has 1 amide bonds. The van der Waals surface area contributed by atoms with Crippen LogP contribution in [0.1, 0.15) is 0 Å². The summed E-state index contributed by atoms with van der Waals surface area (Å²) in [5.74, 6) is 0.216. The van der Waals surface area contributed by atoms with Gasteiger partial charge in [0.25, 0.3) is 0 Å². The zero-order valence-corrected chi connectivity index (χ0v) is 15.5. The highest BCUT2D eigenvalue weighted by atomic mass is 32.2. The van der Waals surface area contributed by atoms with Crippen molar-refractivity contribution in [3.63, 3.8) is 0 Å². The van der Waals surface area contributed by atoms with Gasteiger partial charge in [0, 0.05) is 42.6 Å². The lowest BCUT2D eigenvalue weighted by molar-refractivity contribution is -0.128. The first-order valence-corrected chi connectivity index (χ1v) is 9.81. The van der Waals surface area contributed by atoms with E-state index >= 15 is 0 Å². The molecule has 7 heteroatoms. The first kappa shape index (κ1) is 17.7. The molecule has 2 aromatic carbocycles. The summed E-state index contributed by atoms with van der Waals surface area (Å²) in [6.45, 7) is 2.82. The number of amides is 1. The standard InChI is InChI=1S/C20H19FN4OS/c21-16-5-7-17(8-6-16)24-9-11-25(12-10-24)19(26)14-27-20-18-4-2-1-3-15(18)13-22-23-20/h1-8,13H,9-12,14H2. The second-order valence-electron chi connectivity index (χ2n) is 6.37. The Morgan fingerprint density at radius 2 is 1.78 bits per heavy atom. The van der Waals surface area contributed by atoms with Gasteiger partial charge in [-0.3, -0.25) is 4.79 Å². The maximum Gasteiger partial charge on any atom is 0.233 e. The smallest absolute Gasteiger partial charge is 0.233 e. The van der Waals surface area contributed by atoms with Crippen LogP contribution in [0.4, 0.5) is 10.1 Å². The Morgan fingerprint density at radius 3 is 2.56 bits per heavy atom. The zero-order valence-electron chi connectivity index (χ0n) is 14.7. The minimum Gasteiger partial charge on any atom is -0.368 e. The van der Waals surface area contributed by atoms with Crippen LogP contribution in [0, 0.1) is 5.82 Å². The van der Waals surface area contributed by atoms with Crippen LogP contribution in [-0.4, -0.2) is 52.9 Å². The number of rotatable bonds is 4. The molecule has 3 aromatic rings. The number of carbonyl (C=O) groups is 1. The molecule has 0 unspecified atom stereocenters. The summed E-state index contributed by atoms with van der Waals surface area (Å²) < 4.78 is 13.1. The van der Waals surface area contributed by atoms with Gasteiger partial charge in [0.2, 0.25) is 5.91 Å². The Balaban J connectivity index is 1.34. The maximum absolute atomic E-state index is 13.1. The van der Waals surface area contributed by atoms with Gasteiger partial charge in [-0.25, -0.2) is 4.39 Å². The van der Waals surface area contributed by atoms with Crippen molar-refractivity contribution in [3.8, 4) is 0 Å². The number of hydrogen-bond donors (Lipinski definition) is 0. The second-order valence-corrected chi connectivity index (χ2v) is 7.33. The van der Waals surface area contributed by atoms with E-state index in [1.807, 2.05) is 29.2 Å². The summed E-state index contributed by atoms with van der Waals surface area (Å²) in [5, 5.41) is 11.0. The average Bonchev–Trinajstić information content (AvgIpc) is 2.72. The van der Waals surface area contributed by atoms with Gasteiger partial charge in [-0.1, -0.05) is 36.0 Å². The molecule has 1 aliphatic heterocycles. The van der Waals surface area contributed by atoms with Gasteiger partial charge in [0.1, 0.15) is 10.8 Å². The Kier molecular flexibility index (Phi) is 5.20. The first-order chi connectivity index (χ1) is 13.2. The molecule has 0 saturated carbocycles. The molecule has 1 saturated heterocycles. The van der Waals surface area contributed by atoms with Crippen LogP contribution in [0.15, 0.2) is 59.8 Å². The van der Waals surface area contributed by atoms with Crippen LogP contribution in [-0.2, 0) is 4.79 Å². The van der Waals surface area contributed by atoms with Gasteiger partial charge in [-0.15, -0.1) is 5.10 Å². The van der Waals surface area contributed by atoms with Crippen molar-refractivity contribution < 1.29 is 9.18 Å². The molecule has 1 aliphatic rings. The number of hydrogen-bond acceptors (Lipinski definition) is 5. The third kappa shape index (κ3) is 4.03. The van der Waals surface area contributed by atoms with Crippen LogP contribution >= 0.6 is 11.8 Å². The number of halogens is 1. The minimum atomic E-state index is -0.235. The lowest BCUT2D eigenvalue weighted by Gasteiger charge is -2.36. The predicted octanol–water partition coefficient (Wildman–Crippen LogP) is 3.21. The second kappa shape index (κ2) is 7.92. The van der Waals surface area contributed by atoms with Crippen molar-refractivity contribution in [3.05, 3.63) is 60.5 Å². The van der Waals surface area contributed by atoms with Gasteiger partial charge in [-0.05, 0) is 24.3 Å². The number of fused-ring (bicyclic) bond motifs is 1. The first-order valence-electron chi connectivity index (χ1n) is 8.82. The molecular weight excluding hydrogens is 363 g/mol. The monoisotopic (exact) mass is 382 g/mol. The van der Waals surface area contributed by atoms with Gasteiger partial charge < -0.3 is 9.80 Å². The normalized spacial score (nSPS) is 14.6. The molecule has 0 N–H and O–H groups in total. The largest absolute Gasteiger partial charge is 0.368 e. The molecule has 0 spiro atoms. The van der Waals surface area contributed by atoms with Crippen molar-refractivity contribution in [1.29, 1.82) is 0 Å². The summed E-state index contributed by atoms with van der Waals surface area (Å²) in [5.41, 5.74) is 0.990. The molecule has 4 rings (SSSR count). The van der Waals surface area contributed by atoms with Crippen molar-refractivity contribution in [2.45, 2.75) is 5.03 Å². The van der Waals surface area contributed by atoms with Gasteiger partial charge in [-0.2, -0.15) is 5.10 Å². The molecule has 0 aliphatic carbocycles. The molecule has 2 heterocycles. The van der Waals surface area contributed by atoms with E-state index in [1.54, 1.807) is 18.3 Å². The average molecular weight is 382 g/mol. The van der Waals surface area contributed by atoms with E-state index < -0.39 is 0 Å². The van der Waals surface area contributed by atoms with Gasteiger partial charge in [0.15, 0.2) is 0 Å². The fraction of sp³-hybridized carbons (Fsp3) is 0.250. The van der Waals surface area contributed by atoms with Gasteiger partial charge >= 0.3 is 0 Å². The highest BCUT2D eigenvalue weighted by Gasteiger charge is 2.21. The van der Waals surface area contributed by atoms with Crippen LogP contribution in [0.3, 0.4) is 0 Å². The Bertz CT molecular complexity index is 937. The third-order valence-electron chi connectivity index (χ3n) is 4.69. The summed E-state index contributed by atoms with van der Waals surface area (Å²) in [4.78, 5) is 16.6. The van der Waals surface area contributed by atoms with Crippen molar-refractivity contribution in [2.75, 3.05) is 36.8 Å². The molecule has 0 bridgehead atoms. The predicted molar refractivity (Wildman–Crippen MR) is 105 cm³/mol. The number of carbonyl (C=O) groups excluding carboxylic acids is 1. The number of thioether (sulfide) groups is 1. The number of piperazine rings is 1. The van der Waals surface area contributed by atoms with Gasteiger partial charge in [0.05, 0.1) is 11.9 Å². The molecular formula is C20H19FN4OS. The van der Waals surface area contributed by atoms with Crippen LogP contribution in [0.2, 0.25) is 0 Å². The van der Waals surface area contributed by atoms with E-state index in [4.69, 9.17) is 0 Å². The van der Waals surface area contributed by atoms with Crippen molar-refractivity contribution in [1.82, 2.24) is 15.1 Å². The molecule has 27 heavy (non-hydrogen) atoms. The van der Waals surface area contributed by atoms with Crippen molar-refractivity contribution >= 4 is 34.1 Å². The van der Waals surface area contributed by atoms with E-state index in [9.17, 15) is 9.18 Å². The zero-order chi connectivity index (χ0) is 18.6. The highest BCUT2D eigenvalue weighted by molar-refractivity contribution is 8.00. The Hall–Kier alpha value is -2.67. The summed E-state index contributed by atoms with van der Waals surface area (Å²) in [6.07, 6.45) is 1.73. The SMILES string of the molecule is O=C(CSc1nncc2ccccc12)N1CCN(c2ccc(F)cc2)CC1. The van der Waals surface area contributed by atoms with E-state index in [1.165, 1.54) is 23.9 Å². The summed E-state index contributed by atoms with van der Waals surface area (Å²) in [6, 6.07) is 14.4. The summed E-state index contributed by atoms with van der Waals surface area (Å²) in [7, 11) is 0. The lowest BCUT2D eigenvalue weighted by Crippen LogP contribution is -2.49. The third-order valence-corrected chi connectivity index (χ3v) is 5.66. The van der Waals surface area contributed by atoms with Crippen molar-refractivity contribution in [2.24, 2.45) is 0 Å². The van der Waals surface area contributed by atoms with Crippen LogP contribution < -0.4 is 4.90 Å². The van der Waals surface area contributed by atoms with E-state index in [0.717, 1.165) is 34.6 Å². The van der Waals surface area contributed by atoms with Crippen LogP contribution in [0.5, 0.6) is 0 Å². The van der Waals surface area contributed by atoms with E-state index in [0.29, 0.717) is 18.8 Å². The molecule has 1 aromatic heterocycles. The number of benzene rings is 2. The Morgan fingerprint density at radius 1 is 1.04 bits per heavy atom. The summed E-state index contributed by atoms with van der Waals surface area (Å²) >= 11 is 1.43. The fourth-order valence-electron chi connectivity index (χ4n) is 3.20. The number of aromatic nitrogens is 2. The van der Waals surface area contributed by atoms with E-state index in [-0.39, 0.29) is 11.7 Å². The quantitative estimate of drug-likeness (QED) is 0.649. The maximum atomic E-state index is 13.1. The van der Waals surface area contributed by atoms with Crippen LogP contribution in [0.25, 0.3) is 10.8 Å². The molecule has 1 fully saturated rings. The Labute approximate surface area is 161 Å². The molecule has 5 nitrogen and oxygen atoms in total. The van der Waals surface area contributed by atoms with E-state index in [2.05, 4.69) is 15.1 Å². The number of nitrogens with zero attached hydrogens (tertiary/aromatic N) is 4. The lowest BCUT2D eigenvalue weighted by atomic mass is 10.2. The molecule has 138 valence electrons. The fourth-order valence-corrected chi connectivity index (χ4v) is 4.08. The molecule has 0 atom stereocenters. The minimum absolute atomic E-state index is 0.105. The highest BCUT2D eigenvalue weighted by Crippen LogP contribution is 2.25. The molecule has 0 radical (unpaired) electrons. The number of anilines is 1. The topological polar surface area (TPSA) is 49.3 Å².